The van der Waals surface area contributed by atoms with E-state index in [0.29, 0.717) is 12.2 Å². The molecular formula is C18H18FN3O2. The van der Waals surface area contributed by atoms with E-state index < -0.39 is 6.03 Å². The Labute approximate surface area is 139 Å². The van der Waals surface area contributed by atoms with Gasteiger partial charge in [0.15, 0.2) is 0 Å². The topological polar surface area (TPSA) is 84.2 Å². The molecule has 24 heavy (non-hydrogen) atoms. The Balaban J connectivity index is 1.49. The lowest BCUT2D eigenvalue weighted by Crippen LogP contribution is -2.25. The standard InChI is InChI=1S/C18H18FN3O2/c19-13-5-3-12(4-6-13)15-9-16(15)17(23)21-10-11-1-7-14(8-2-11)22-18(20)24/h1-8,15-16H,9-10H2,(H,21,23)(H3,20,22,24). The van der Waals surface area contributed by atoms with Gasteiger partial charge in [0.25, 0.3) is 0 Å². The maximum atomic E-state index is 12.9. The molecule has 1 aliphatic carbocycles. The molecule has 2 aromatic carbocycles. The largest absolute Gasteiger partial charge is 0.352 e. The molecule has 0 aliphatic heterocycles. The van der Waals surface area contributed by atoms with Gasteiger partial charge in [-0.2, -0.15) is 0 Å². The molecule has 0 aromatic heterocycles. The van der Waals surface area contributed by atoms with Crippen LogP contribution in [0.3, 0.4) is 0 Å². The molecule has 0 radical (unpaired) electrons. The molecule has 5 nitrogen and oxygen atoms in total. The van der Waals surface area contributed by atoms with Gasteiger partial charge in [0.05, 0.1) is 0 Å². The molecule has 6 heteroatoms. The first-order valence-electron chi connectivity index (χ1n) is 7.71. The van der Waals surface area contributed by atoms with Crippen LogP contribution in [0.15, 0.2) is 48.5 Å². The van der Waals surface area contributed by atoms with Crippen LogP contribution >= 0.6 is 0 Å². The number of hydrogen-bond donors (Lipinski definition) is 3. The number of anilines is 1. The highest BCUT2D eigenvalue weighted by atomic mass is 19.1. The van der Waals surface area contributed by atoms with Crippen LogP contribution in [0.4, 0.5) is 14.9 Å². The van der Waals surface area contributed by atoms with Crippen molar-refractivity contribution in [3.8, 4) is 0 Å². The predicted molar refractivity (Wildman–Crippen MR) is 88.7 cm³/mol. The zero-order valence-electron chi connectivity index (χ0n) is 13.0. The minimum Gasteiger partial charge on any atom is -0.352 e. The molecule has 0 saturated heterocycles. The average molecular weight is 327 g/mol. The van der Waals surface area contributed by atoms with Gasteiger partial charge in [-0.05, 0) is 47.7 Å². The molecule has 2 aromatic rings. The molecule has 1 saturated carbocycles. The van der Waals surface area contributed by atoms with Gasteiger partial charge in [-0.1, -0.05) is 24.3 Å². The van der Waals surface area contributed by atoms with Gasteiger partial charge < -0.3 is 16.4 Å². The number of nitrogens with one attached hydrogen (secondary N) is 2. The van der Waals surface area contributed by atoms with Gasteiger partial charge in [0, 0.05) is 18.2 Å². The van der Waals surface area contributed by atoms with E-state index >= 15 is 0 Å². The highest BCUT2D eigenvalue weighted by Gasteiger charge is 2.43. The van der Waals surface area contributed by atoms with Gasteiger partial charge in [-0.15, -0.1) is 0 Å². The van der Waals surface area contributed by atoms with Crippen LogP contribution in [0.1, 0.15) is 23.5 Å². The number of hydrogen-bond acceptors (Lipinski definition) is 2. The van der Waals surface area contributed by atoms with E-state index in [2.05, 4.69) is 10.6 Å². The fraction of sp³-hybridized carbons (Fsp3) is 0.222. The van der Waals surface area contributed by atoms with Crippen molar-refractivity contribution < 1.29 is 14.0 Å². The van der Waals surface area contributed by atoms with E-state index in [9.17, 15) is 14.0 Å². The van der Waals surface area contributed by atoms with Crippen LogP contribution < -0.4 is 16.4 Å². The van der Waals surface area contributed by atoms with Gasteiger partial charge in [-0.25, -0.2) is 9.18 Å². The molecule has 4 N–H and O–H groups in total. The average Bonchev–Trinajstić information content (AvgIpc) is 3.35. The van der Waals surface area contributed by atoms with E-state index in [4.69, 9.17) is 5.73 Å². The summed E-state index contributed by atoms with van der Waals surface area (Å²) in [5, 5.41) is 5.39. The monoisotopic (exact) mass is 327 g/mol. The molecule has 2 unspecified atom stereocenters. The summed E-state index contributed by atoms with van der Waals surface area (Å²) >= 11 is 0. The molecule has 0 bridgehead atoms. The van der Waals surface area contributed by atoms with Crippen molar-refractivity contribution in [2.24, 2.45) is 11.7 Å². The maximum absolute atomic E-state index is 12.9. The summed E-state index contributed by atoms with van der Waals surface area (Å²) in [5.41, 5.74) is 7.58. The first-order chi connectivity index (χ1) is 11.5. The first-order valence-corrected chi connectivity index (χ1v) is 7.71. The molecule has 0 heterocycles. The SMILES string of the molecule is NC(=O)Nc1ccc(CNC(=O)C2CC2c2ccc(F)cc2)cc1. The zero-order chi connectivity index (χ0) is 17.1. The molecule has 3 amide bonds. The number of carbonyl (C=O) groups excluding carboxylic acids is 2. The number of rotatable bonds is 5. The lowest BCUT2D eigenvalue weighted by Gasteiger charge is -2.07. The van der Waals surface area contributed by atoms with Crippen LogP contribution in [-0.2, 0) is 11.3 Å². The normalized spacial score (nSPS) is 18.7. The number of benzene rings is 2. The summed E-state index contributed by atoms with van der Waals surface area (Å²) in [7, 11) is 0. The van der Waals surface area contributed by atoms with E-state index in [1.807, 2.05) is 12.1 Å². The Morgan fingerprint density at radius 3 is 2.38 bits per heavy atom. The predicted octanol–water partition coefficient (Wildman–Crippen LogP) is 2.74. The molecule has 1 fully saturated rings. The lowest BCUT2D eigenvalue weighted by atomic mass is 10.1. The molecular weight excluding hydrogens is 309 g/mol. The smallest absolute Gasteiger partial charge is 0.316 e. The highest BCUT2D eigenvalue weighted by molar-refractivity contribution is 5.87. The van der Waals surface area contributed by atoms with E-state index in [-0.39, 0.29) is 23.6 Å². The summed E-state index contributed by atoms with van der Waals surface area (Å²) in [4.78, 5) is 22.9. The second-order valence-corrected chi connectivity index (χ2v) is 5.90. The number of nitrogens with two attached hydrogens (primary N) is 1. The molecule has 2 atom stereocenters. The van der Waals surface area contributed by atoms with Gasteiger partial charge in [-0.3, -0.25) is 4.79 Å². The fourth-order valence-electron chi connectivity index (χ4n) is 2.73. The van der Waals surface area contributed by atoms with Crippen molar-refractivity contribution in [2.45, 2.75) is 18.9 Å². The third kappa shape index (κ3) is 3.90. The third-order valence-corrected chi connectivity index (χ3v) is 4.11. The molecule has 124 valence electrons. The molecule has 1 aliphatic rings. The summed E-state index contributed by atoms with van der Waals surface area (Å²) < 4.78 is 12.9. The fourth-order valence-corrected chi connectivity index (χ4v) is 2.73. The van der Waals surface area contributed by atoms with Gasteiger partial charge in [0.2, 0.25) is 5.91 Å². The van der Waals surface area contributed by atoms with Crippen LogP contribution in [0.5, 0.6) is 0 Å². The van der Waals surface area contributed by atoms with Crippen molar-refractivity contribution in [3.05, 3.63) is 65.5 Å². The number of amides is 3. The molecule has 0 spiro atoms. The second kappa shape index (κ2) is 6.70. The van der Waals surface area contributed by atoms with E-state index in [0.717, 1.165) is 17.5 Å². The Morgan fingerprint density at radius 2 is 1.75 bits per heavy atom. The second-order valence-electron chi connectivity index (χ2n) is 5.90. The minimum atomic E-state index is -0.614. The summed E-state index contributed by atoms with van der Waals surface area (Å²) in [5.74, 6) is -0.141. The summed E-state index contributed by atoms with van der Waals surface area (Å²) in [6.45, 7) is 0.419. The molecule has 3 rings (SSSR count). The first kappa shape index (κ1) is 16.0. The van der Waals surface area contributed by atoms with Gasteiger partial charge >= 0.3 is 6.03 Å². The maximum Gasteiger partial charge on any atom is 0.316 e. The van der Waals surface area contributed by atoms with Crippen molar-refractivity contribution in [2.75, 3.05) is 5.32 Å². The van der Waals surface area contributed by atoms with Crippen LogP contribution in [0.2, 0.25) is 0 Å². The summed E-state index contributed by atoms with van der Waals surface area (Å²) in [6.07, 6.45) is 0.791. The number of primary amides is 1. The number of urea groups is 1. The lowest BCUT2D eigenvalue weighted by molar-refractivity contribution is -0.122. The Morgan fingerprint density at radius 1 is 1.08 bits per heavy atom. The van der Waals surface area contributed by atoms with E-state index in [1.165, 1.54) is 12.1 Å². The van der Waals surface area contributed by atoms with Crippen LogP contribution in [0.25, 0.3) is 0 Å². The Kier molecular flexibility index (Phi) is 4.46. The summed E-state index contributed by atoms with van der Waals surface area (Å²) in [6, 6.07) is 12.8. The third-order valence-electron chi connectivity index (χ3n) is 4.11. The zero-order valence-corrected chi connectivity index (χ0v) is 13.0. The number of halogens is 1. The van der Waals surface area contributed by atoms with Crippen molar-refractivity contribution in [1.82, 2.24) is 5.32 Å². The van der Waals surface area contributed by atoms with Gasteiger partial charge in [0.1, 0.15) is 5.82 Å². The quantitative estimate of drug-likeness (QED) is 0.789. The Bertz CT molecular complexity index is 744. The van der Waals surface area contributed by atoms with Crippen molar-refractivity contribution in [1.29, 1.82) is 0 Å². The minimum absolute atomic E-state index is 0.00339. The van der Waals surface area contributed by atoms with E-state index in [1.54, 1.807) is 24.3 Å². The van der Waals surface area contributed by atoms with Crippen LogP contribution in [-0.4, -0.2) is 11.9 Å². The van der Waals surface area contributed by atoms with Crippen LogP contribution in [0, 0.1) is 11.7 Å². The number of carbonyl (C=O) groups is 2. The highest BCUT2D eigenvalue weighted by Crippen LogP contribution is 2.47. The Hall–Kier alpha value is -2.89. The van der Waals surface area contributed by atoms with Crippen molar-refractivity contribution in [3.63, 3.8) is 0 Å². The van der Waals surface area contributed by atoms with Crippen molar-refractivity contribution >= 4 is 17.6 Å².